The topological polar surface area (TPSA) is 46.9 Å². The van der Waals surface area contributed by atoms with Gasteiger partial charge in [0.05, 0.1) is 12.2 Å². The maximum absolute atomic E-state index is 9.45. The van der Waals surface area contributed by atoms with Gasteiger partial charge in [-0.05, 0) is 18.8 Å². The van der Waals surface area contributed by atoms with Crippen LogP contribution in [0.15, 0.2) is 0 Å². The first-order chi connectivity index (χ1) is 7.63. The van der Waals surface area contributed by atoms with Crippen LogP contribution in [-0.4, -0.2) is 71.5 Å². The van der Waals surface area contributed by atoms with Gasteiger partial charge >= 0.3 is 0 Å². The lowest BCUT2D eigenvalue weighted by Crippen LogP contribution is -2.34. The molecule has 0 aromatic carbocycles. The number of aliphatic hydroxyl groups is 2. The first kappa shape index (κ1) is 12.3. The number of hydrogen-bond donors (Lipinski definition) is 2. The van der Waals surface area contributed by atoms with Crippen LogP contribution in [0.1, 0.15) is 19.8 Å². The van der Waals surface area contributed by atoms with Gasteiger partial charge in [-0.1, -0.05) is 6.92 Å². The molecular formula is C12H24N2O2. The fourth-order valence-corrected chi connectivity index (χ4v) is 2.90. The largest absolute Gasteiger partial charge is 0.392 e. The van der Waals surface area contributed by atoms with Gasteiger partial charge in [0.2, 0.25) is 0 Å². The predicted molar refractivity (Wildman–Crippen MR) is 63.3 cm³/mol. The number of rotatable bonds is 4. The van der Waals surface area contributed by atoms with Crippen LogP contribution in [0.2, 0.25) is 0 Å². The summed E-state index contributed by atoms with van der Waals surface area (Å²) >= 11 is 0. The lowest BCUT2D eigenvalue weighted by atomic mass is 10.1. The van der Waals surface area contributed by atoms with Crippen molar-refractivity contribution in [3.8, 4) is 0 Å². The zero-order valence-electron chi connectivity index (χ0n) is 10.2. The number of aliphatic hydroxyl groups excluding tert-OH is 2. The molecule has 0 saturated carbocycles. The van der Waals surface area contributed by atoms with Gasteiger partial charge in [-0.2, -0.15) is 0 Å². The average molecular weight is 228 g/mol. The highest BCUT2D eigenvalue weighted by Gasteiger charge is 2.24. The standard InChI is InChI=1S/C12H24N2O2/c1-10(6-13-4-2-11(15)8-13)7-14-5-3-12(16)9-14/h10-12,15-16H,2-9H2,1H3. The van der Waals surface area contributed by atoms with Gasteiger partial charge in [-0.15, -0.1) is 0 Å². The smallest absolute Gasteiger partial charge is 0.0679 e. The van der Waals surface area contributed by atoms with E-state index in [2.05, 4.69) is 16.7 Å². The molecular weight excluding hydrogens is 204 g/mol. The number of β-amino-alcohol motifs (C(OH)–C–C–N with tert-alkyl or cyclic N) is 2. The van der Waals surface area contributed by atoms with Crippen molar-refractivity contribution in [2.45, 2.75) is 32.0 Å². The molecule has 4 nitrogen and oxygen atoms in total. The molecule has 16 heavy (non-hydrogen) atoms. The van der Waals surface area contributed by atoms with Crippen LogP contribution in [0.3, 0.4) is 0 Å². The van der Waals surface area contributed by atoms with Crippen LogP contribution < -0.4 is 0 Å². The van der Waals surface area contributed by atoms with Crippen molar-refractivity contribution in [1.82, 2.24) is 9.80 Å². The highest BCUT2D eigenvalue weighted by atomic mass is 16.3. The highest BCUT2D eigenvalue weighted by molar-refractivity contribution is 4.79. The van der Waals surface area contributed by atoms with Crippen molar-refractivity contribution < 1.29 is 10.2 Å². The van der Waals surface area contributed by atoms with Gasteiger partial charge in [0.25, 0.3) is 0 Å². The lowest BCUT2D eigenvalue weighted by molar-refractivity contribution is 0.154. The molecule has 0 aliphatic carbocycles. The number of nitrogens with zero attached hydrogens (tertiary/aromatic N) is 2. The summed E-state index contributed by atoms with van der Waals surface area (Å²) in [7, 11) is 0. The van der Waals surface area contributed by atoms with Crippen LogP contribution >= 0.6 is 0 Å². The minimum absolute atomic E-state index is 0.110. The van der Waals surface area contributed by atoms with Gasteiger partial charge in [0.1, 0.15) is 0 Å². The molecule has 0 spiro atoms. The second-order valence-corrected chi connectivity index (χ2v) is 5.51. The molecule has 0 radical (unpaired) electrons. The van der Waals surface area contributed by atoms with Gasteiger partial charge in [0.15, 0.2) is 0 Å². The first-order valence-corrected chi connectivity index (χ1v) is 6.44. The van der Waals surface area contributed by atoms with Gasteiger partial charge in [0, 0.05) is 39.3 Å². The lowest BCUT2D eigenvalue weighted by Gasteiger charge is -2.24. The van der Waals surface area contributed by atoms with Crippen molar-refractivity contribution in [3.63, 3.8) is 0 Å². The molecule has 2 saturated heterocycles. The fraction of sp³-hybridized carbons (Fsp3) is 1.00. The first-order valence-electron chi connectivity index (χ1n) is 6.44. The highest BCUT2D eigenvalue weighted by Crippen LogP contribution is 2.14. The summed E-state index contributed by atoms with van der Waals surface area (Å²) in [5.41, 5.74) is 0. The van der Waals surface area contributed by atoms with Crippen LogP contribution in [0.25, 0.3) is 0 Å². The summed E-state index contributed by atoms with van der Waals surface area (Å²) in [6, 6.07) is 0. The van der Waals surface area contributed by atoms with E-state index in [1.807, 2.05) is 0 Å². The quantitative estimate of drug-likeness (QED) is 0.697. The Kier molecular flexibility index (Phi) is 4.19. The second-order valence-electron chi connectivity index (χ2n) is 5.51. The molecule has 2 aliphatic rings. The molecule has 0 amide bonds. The Morgan fingerprint density at radius 3 is 1.75 bits per heavy atom. The zero-order chi connectivity index (χ0) is 11.5. The molecule has 2 rings (SSSR count). The van der Waals surface area contributed by atoms with Crippen molar-refractivity contribution in [1.29, 1.82) is 0 Å². The third-order valence-electron chi connectivity index (χ3n) is 3.63. The van der Waals surface area contributed by atoms with Gasteiger partial charge < -0.3 is 20.0 Å². The molecule has 2 heterocycles. The summed E-state index contributed by atoms with van der Waals surface area (Å²) in [5.74, 6) is 0.621. The number of likely N-dealkylation sites (tertiary alicyclic amines) is 2. The Bertz CT molecular complexity index is 203. The summed E-state index contributed by atoms with van der Waals surface area (Å²) < 4.78 is 0. The van der Waals surface area contributed by atoms with Gasteiger partial charge in [-0.25, -0.2) is 0 Å². The van der Waals surface area contributed by atoms with Crippen LogP contribution in [-0.2, 0) is 0 Å². The summed E-state index contributed by atoms with van der Waals surface area (Å²) in [5, 5.41) is 18.9. The normalized spacial score (nSPS) is 34.7. The van der Waals surface area contributed by atoms with E-state index in [0.717, 1.165) is 52.1 Å². The van der Waals surface area contributed by atoms with Crippen LogP contribution in [0.5, 0.6) is 0 Å². The molecule has 0 bridgehead atoms. The minimum atomic E-state index is -0.110. The Balaban J connectivity index is 1.66. The van der Waals surface area contributed by atoms with Crippen molar-refractivity contribution in [3.05, 3.63) is 0 Å². The monoisotopic (exact) mass is 228 g/mol. The van der Waals surface area contributed by atoms with E-state index < -0.39 is 0 Å². The van der Waals surface area contributed by atoms with E-state index in [-0.39, 0.29) is 12.2 Å². The second kappa shape index (κ2) is 5.45. The maximum atomic E-state index is 9.45. The molecule has 2 fully saturated rings. The Morgan fingerprint density at radius 2 is 1.44 bits per heavy atom. The third-order valence-corrected chi connectivity index (χ3v) is 3.63. The molecule has 0 aromatic heterocycles. The molecule has 2 aliphatic heterocycles. The Morgan fingerprint density at radius 1 is 1.00 bits per heavy atom. The predicted octanol–water partition coefficient (Wildman–Crippen LogP) is -0.244. The Labute approximate surface area is 97.9 Å². The van der Waals surface area contributed by atoms with E-state index in [1.54, 1.807) is 0 Å². The third kappa shape index (κ3) is 3.42. The maximum Gasteiger partial charge on any atom is 0.0679 e. The molecule has 4 heteroatoms. The van der Waals surface area contributed by atoms with Crippen molar-refractivity contribution in [2.24, 2.45) is 5.92 Å². The van der Waals surface area contributed by atoms with Crippen molar-refractivity contribution >= 4 is 0 Å². The average Bonchev–Trinajstić information content (AvgIpc) is 2.76. The van der Waals surface area contributed by atoms with E-state index in [0.29, 0.717) is 5.92 Å². The SMILES string of the molecule is CC(CN1CCC(O)C1)CN1CCC(O)C1. The van der Waals surface area contributed by atoms with Crippen molar-refractivity contribution in [2.75, 3.05) is 39.3 Å². The fourth-order valence-electron chi connectivity index (χ4n) is 2.90. The minimum Gasteiger partial charge on any atom is -0.392 e. The summed E-state index contributed by atoms with van der Waals surface area (Å²) in [4.78, 5) is 4.70. The van der Waals surface area contributed by atoms with E-state index in [9.17, 15) is 10.2 Å². The van der Waals surface area contributed by atoms with Crippen LogP contribution in [0.4, 0.5) is 0 Å². The van der Waals surface area contributed by atoms with Gasteiger partial charge in [-0.3, -0.25) is 0 Å². The van der Waals surface area contributed by atoms with E-state index in [1.165, 1.54) is 0 Å². The zero-order valence-corrected chi connectivity index (χ0v) is 10.2. The molecule has 0 aromatic rings. The molecule has 2 unspecified atom stereocenters. The molecule has 2 N–H and O–H groups in total. The Hall–Kier alpha value is -0.160. The number of hydrogen-bond acceptors (Lipinski definition) is 4. The van der Waals surface area contributed by atoms with E-state index in [4.69, 9.17) is 0 Å². The molecule has 2 atom stereocenters. The van der Waals surface area contributed by atoms with E-state index >= 15 is 0 Å². The summed E-state index contributed by atoms with van der Waals surface area (Å²) in [6.07, 6.45) is 1.63. The van der Waals surface area contributed by atoms with Crippen LogP contribution in [0, 0.1) is 5.92 Å². The summed E-state index contributed by atoms with van der Waals surface area (Å²) in [6.45, 7) is 8.16. The molecule has 94 valence electrons.